The fraction of sp³-hybridized carbons (Fsp3) is 0.545. The second-order valence-electron chi connectivity index (χ2n) is 12.6. The van der Waals surface area contributed by atoms with Crippen LogP contribution in [0.5, 0.6) is 11.5 Å². The molecule has 0 spiro atoms. The molecule has 2 aromatic carbocycles. The highest BCUT2D eigenvalue weighted by Gasteiger charge is 2.51. The van der Waals surface area contributed by atoms with Gasteiger partial charge in [0.05, 0.1) is 20.3 Å². The number of likely N-dealkylation sites (tertiary alicyclic amines) is 1. The van der Waals surface area contributed by atoms with Gasteiger partial charge < -0.3 is 19.7 Å². The summed E-state index contributed by atoms with van der Waals surface area (Å²) in [5, 5.41) is 3.88. The third-order valence-electron chi connectivity index (χ3n) is 10.1. The topological polar surface area (TPSA) is 54.0 Å². The van der Waals surface area contributed by atoms with Gasteiger partial charge in [0.15, 0.2) is 11.5 Å². The van der Waals surface area contributed by atoms with Crippen LogP contribution in [0.3, 0.4) is 0 Å². The molecule has 0 unspecified atom stereocenters. The number of benzene rings is 2. The monoisotopic (exact) mass is 529 g/mol. The molecule has 2 heterocycles. The number of fused-ring (bicyclic) bond motifs is 2. The number of allylic oxidation sites excluding steroid dienone is 1. The number of amides is 1. The predicted octanol–water partition coefficient (Wildman–Crippen LogP) is 4.81. The quantitative estimate of drug-likeness (QED) is 0.498. The largest absolute Gasteiger partial charge is 0.493 e. The van der Waals surface area contributed by atoms with E-state index >= 15 is 0 Å². The zero-order valence-corrected chi connectivity index (χ0v) is 23.9. The number of hydrogen-bond donors (Lipinski definition) is 1. The van der Waals surface area contributed by atoms with E-state index in [1.165, 1.54) is 24.0 Å². The molecule has 39 heavy (non-hydrogen) atoms. The first-order valence-corrected chi connectivity index (χ1v) is 14.6. The number of nitrogens with zero attached hydrogens (tertiary/aromatic N) is 2. The van der Waals surface area contributed by atoms with E-state index in [-0.39, 0.29) is 11.9 Å². The fourth-order valence-corrected chi connectivity index (χ4v) is 7.52. The third-order valence-corrected chi connectivity index (χ3v) is 10.1. The molecule has 7 rings (SSSR count). The van der Waals surface area contributed by atoms with E-state index in [4.69, 9.17) is 9.47 Å². The van der Waals surface area contributed by atoms with Gasteiger partial charge in [-0.1, -0.05) is 55.8 Å². The fourth-order valence-electron chi connectivity index (χ4n) is 7.52. The Kier molecular flexibility index (Phi) is 7.19. The first-order valence-electron chi connectivity index (χ1n) is 14.6. The summed E-state index contributed by atoms with van der Waals surface area (Å²) in [5.74, 6) is 3.29. The maximum atomic E-state index is 14.1. The summed E-state index contributed by atoms with van der Waals surface area (Å²) in [5.41, 5.74) is 5.68. The van der Waals surface area contributed by atoms with Gasteiger partial charge in [-0.15, -0.1) is 0 Å². The van der Waals surface area contributed by atoms with E-state index in [1.807, 2.05) is 6.07 Å². The number of nitrogens with one attached hydrogen (secondary N) is 1. The van der Waals surface area contributed by atoms with Crippen LogP contribution < -0.4 is 14.8 Å². The predicted molar refractivity (Wildman–Crippen MR) is 154 cm³/mol. The molecule has 0 aromatic heterocycles. The van der Waals surface area contributed by atoms with E-state index in [1.54, 1.807) is 19.8 Å². The third kappa shape index (κ3) is 4.98. The Morgan fingerprint density at radius 2 is 1.79 bits per heavy atom. The number of carbonyl (C=O) groups is 1. The number of methoxy groups -OCH3 is 2. The highest BCUT2D eigenvalue weighted by Crippen LogP contribution is 2.59. The van der Waals surface area contributed by atoms with E-state index in [2.05, 4.69) is 71.4 Å². The van der Waals surface area contributed by atoms with Crippen molar-refractivity contribution in [3.8, 4) is 11.5 Å². The molecule has 1 saturated carbocycles. The maximum Gasteiger partial charge on any atom is 0.240 e. The molecule has 1 saturated heterocycles. The lowest BCUT2D eigenvalue weighted by atomic mass is 9.49. The molecule has 6 nitrogen and oxygen atoms in total. The standard InChI is InChI=1S/C33H43N3O3/c1-33(2)26-11-10-24(28(33)16-26)18-34-27-17-29(36(21-27)19-22-8-6-5-7-9-22)32(37)35-13-12-23-14-30(38-3)31(39-4)15-25(23)20-35/h5-10,14-15,26-29,34H,11-13,16-21H2,1-4H3/t26-,27-,28-,29-/m0/s1. The number of hydrogen-bond acceptors (Lipinski definition) is 5. The minimum absolute atomic E-state index is 0.116. The molecule has 2 aliphatic heterocycles. The van der Waals surface area contributed by atoms with E-state index < -0.39 is 0 Å². The molecule has 2 bridgehead atoms. The summed E-state index contributed by atoms with van der Waals surface area (Å²) < 4.78 is 11.1. The van der Waals surface area contributed by atoms with E-state index in [9.17, 15) is 4.79 Å². The Hall–Kier alpha value is -2.83. The Balaban J connectivity index is 1.16. The normalized spacial score (nSPS) is 27.4. The lowest BCUT2D eigenvalue weighted by Gasteiger charge is -2.56. The molecular formula is C33H43N3O3. The van der Waals surface area contributed by atoms with Crippen LogP contribution in [0.4, 0.5) is 0 Å². The first-order chi connectivity index (χ1) is 18.9. The van der Waals surface area contributed by atoms with Gasteiger partial charge in [-0.25, -0.2) is 0 Å². The summed E-state index contributed by atoms with van der Waals surface area (Å²) in [6.07, 6.45) is 6.75. The first kappa shape index (κ1) is 26.4. The van der Waals surface area contributed by atoms with Crippen molar-refractivity contribution in [3.05, 3.63) is 70.8 Å². The summed E-state index contributed by atoms with van der Waals surface area (Å²) in [7, 11) is 3.33. The zero-order valence-electron chi connectivity index (χ0n) is 23.9. The molecule has 2 aromatic rings. The lowest BCUT2D eigenvalue weighted by molar-refractivity contribution is -0.137. The van der Waals surface area contributed by atoms with Gasteiger partial charge in [-0.2, -0.15) is 0 Å². The van der Waals surface area contributed by atoms with Crippen LogP contribution in [-0.2, 0) is 24.3 Å². The van der Waals surface area contributed by atoms with Gasteiger partial charge in [-0.05, 0) is 71.8 Å². The number of rotatable bonds is 8. The minimum Gasteiger partial charge on any atom is -0.493 e. The Bertz CT molecular complexity index is 1240. The smallest absolute Gasteiger partial charge is 0.240 e. The van der Waals surface area contributed by atoms with E-state index in [0.717, 1.165) is 62.0 Å². The van der Waals surface area contributed by atoms with Crippen molar-refractivity contribution < 1.29 is 14.3 Å². The SMILES string of the molecule is COc1cc2c(cc1OC)CN(C(=O)[C@@H]1C[C@H](NCC3=CC[C@H]4C[C@@H]3C4(C)C)CN1Cc1ccccc1)CC2. The Morgan fingerprint density at radius 1 is 1.05 bits per heavy atom. The highest BCUT2D eigenvalue weighted by molar-refractivity contribution is 5.82. The molecule has 1 amide bonds. The zero-order chi connectivity index (χ0) is 27.1. The molecule has 2 fully saturated rings. The second-order valence-corrected chi connectivity index (χ2v) is 12.6. The van der Waals surface area contributed by atoms with Crippen molar-refractivity contribution in [2.75, 3.05) is 33.9 Å². The van der Waals surface area contributed by atoms with E-state index in [0.29, 0.717) is 23.9 Å². The maximum absolute atomic E-state index is 14.1. The van der Waals surface area contributed by atoms with Crippen molar-refractivity contribution in [3.63, 3.8) is 0 Å². The van der Waals surface area contributed by atoms with Gasteiger partial charge in [0.2, 0.25) is 5.91 Å². The van der Waals surface area contributed by atoms with Crippen molar-refractivity contribution in [2.24, 2.45) is 17.3 Å². The van der Waals surface area contributed by atoms with Gasteiger partial charge in [0.1, 0.15) is 0 Å². The van der Waals surface area contributed by atoms with Gasteiger partial charge >= 0.3 is 0 Å². The molecule has 4 atom stereocenters. The molecule has 208 valence electrons. The summed E-state index contributed by atoms with van der Waals surface area (Å²) in [4.78, 5) is 18.5. The van der Waals surface area contributed by atoms with Crippen LogP contribution in [-0.4, -0.2) is 61.6 Å². The molecule has 5 aliphatic rings. The molecular weight excluding hydrogens is 486 g/mol. The summed E-state index contributed by atoms with van der Waals surface area (Å²) in [6.45, 7) is 8.87. The molecule has 3 aliphatic carbocycles. The van der Waals surface area contributed by atoms with Gasteiger partial charge in [0.25, 0.3) is 0 Å². The van der Waals surface area contributed by atoms with Crippen molar-refractivity contribution in [1.29, 1.82) is 0 Å². The van der Waals surface area contributed by atoms with Crippen molar-refractivity contribution in [1.82, 2.24) is 15.1 Å². The number of ether oxygens (including phenoxy) is 2. The van der Waals surface area contributed by atoms with Crippen molar-refractivity contribution in [2.45, 2.75) is 64.7 Å². The Morgan fingerprint density at radius 3 is 2.49 bits per heavy atom. The van der Waals surface area contributed by atoms with Crippen molar-refractivity contribution >= 4 is 5.91 Å². The van der Waals surface area contributed by atoms with Crippen LogP contribution in [0.25, 0.3) is 0 Å². The second kappa shape index (κ2) is 10.6. The summed E-state index contributed by atoms with van der Waals surface area (Å²) in [6, 6.07) is 14.9. The van der Waals surface area contributed by atoms with Crippen LogP contribution in [0.1, 0.15) is 49.8 Å². The molecule has 0 radical (unpaired) electrons. The van der Waals surface area contributed by atoms with Gasteiger partial charge in [0, 0.05) is 38.8 Å². The molecule has 6 heteroatoms. The number of carbonyl (C=O) groups excluding carboxylic acids is 1. The van der Waals surface area contributed by atoms with Gasteiger partial charge in [-0.3, -0.25) is 9.69 Å². The average Bonchev–Trinajstić information content (AvgIpc) is 3.37. The lowest BCUT2D eigenvalue weighted by Crippen LogP contribution is -2.50. The highest BCUT2D eigenvalue weighted by atomic mass is 16.5. The summed E-state index contributed by atoms with van der Waals surface area (Å²) >= 11 is 0. The van der Waals surface area contributed by atoms with Crippen LogP contribution in [0.15, 0.2) is 54.1 Å². The van der Waals surface area contributed by atoms with Crippen LogP contribution >= 0.6 is 0 Å². The van der Waals surface area contributed by atoms with Crippen LogP contribution in [0, 0.1) is 17.3 Å². The average molecular weight is 530 g/mol. The van der Waals surface area contributed by atoms with Crippen LogP contribution in [0.2, 0.25) is 0 Å². The minimum atomic E-state index is -0.116. The Labute approximate surface area is 233 Å². The molecule has 1 N–H and O–H groups in total.